The molecule has 0 bridgehead atoms. The summed E-state index contributed by atoms with van der Waals surface area (Å²) < 4.78 is 26.8. The van der Waals surface area contributed by atoms with E-state index in [2.05, 4.69) is 48.7 Å². The zero-order valence-corrected chi connectivity index (χ0v) is 16.2. The summed E-state index contributed by atoms with van der Waals surface area (Å²) >= 11 is 5.65. The summed E-state index contributed by atoms with van der Waals surface area (Å²) in [6.45, 7) is 5.61. The van der Waals surface area contributed by atoms with Crippen molar-refractivity contribution in [2.45, 2.75) is 31.5 Å². The third-order valence-corrected chi connectivity index (χ3v) is 4.86. The van der Waals surface area contributed by atoms with Crippen molar-refractivity contribution >= 4 is 48.5 Å². The van der Waals surface area contributed by atoms with Crippen LogP contribution in [-0.2, 0) is 15.6 Å². The number of nitrogens with zero attached hydrogens (tertiary/aromatic N) is 3. The average molecular weight is 485 g/mol. The molecule has 1 aromatic heterocycles. The van der Waals surface area contributed by atoms with Gasteiger partial charge in [-0.3, -0.25) is 4.57 Å². The van der Waals surface area contributed by atoms with E-state index in [0.29, 0.717) is 5.82 Å². The van der Waals surface area contributed by atoms with Gasteiger partial charge >= 0.3 is 0 Å². The Morgan fingerprint density at radius 1 is 1.29 bits per heavy atom. The number of primary sulfonamides is 1. The van der Waals surface area contributed by atoms with E-state index in [4.69, 9.17) is 5.14 Å². The first kappa shape index (κ1) is 16.8. The molecule has 0 radical (unpaired) electrons. The quantitative estimate of drug-likeness (QED) is 0.663. The number of hydrogen-bond acceptors (Lipinski definition) is 4. The molecule has 0 fully saturated rings. The van der Waals surface area contributed by atoms with Gasteiger partial charge in [0.1, 0.15) is 0 Å². The predicted molar refractivity (Wildman–Crippen MR) is 92.2 cm³/mol. The maximum Gasteiger partial charge on any atom is 0.273 e. The third-order valence-electron chi connectivity index (χ3n) is 2.73. The van der Waals surface area contributed by atoms with Crippen LogP contribution >= 0.6 is 38.5 Å². The van der Waals surface area contributed by atoms with Gasteiger partial charge in [-0.1, -0.05) is 15.9 Å². The second-order valence-electron chi connectivity index (χ2n) is 5.48. The molecule has 9 heteroatoms. The summed E-state index contributed by atoms with van der Waals surface area (Å²) in [6, 6.07) is 5.73. The fourth-order valence-electron chi connectivity index (χ4n) is 1.90. The summed E-state index contributed by atoms with van der Waals surface area (Å²) in [5, 5.41) is 12.8. The van der Waals surface area contributed by atoms with Gasteiger partial charge in [0, 0.05) is 19.1 Å². The van der Waals surface area contributed by atoms with Crippen molar-refractivity contribution < 1.29 is 8.42 Å². The Morgan fingerprint density at radius 2 is 1.90 bits per heavy atom. The molecule has 2 rings (SSSR count). The minimum absolute atomic E-state index is 0.240. The van der Waals surface area contributed by atoms with E-state index in [9.17, 15) is 8.42 Å². The van der Waals surface area contributed by atoms with Gasteiger partial charge in [-0.15, -0.1) is 10.2 Å². The Balaban J connectivity index is 2.83. The highest BCUT2D eigenvalue weighted by molar-refractivity contribution is 14.1. The number of halogens is 2. The normalized spacial score (nSPS) is 12.7. The van der Waals surface area contributed by atoms with Crippen molar-refractivity contribution in [2.24, 2.45) is 5.14 Å². The molecule has 2 N–H and O–H groups in total. The first-order valence-electron chi connectivity index (χ1n) is 5.96. The number of aromatic nitrogens is 3. The molecule has 2 aromatic rings. The maximum absolute atomic E-state index is 11.7. The van der Waals surface area contributed by atoms with Crippen LogP contribution in [0.1, 0.15) is 20.8 Å². The van der Waals surface area contributed by atoms with Crippen LogP contribution in [0.5, 0.6) is 0 Å². The fraction of sp³-hybridized carbons (Fsp3) is 0.333. The Kier molecular flexibility index (Phi) is 4.49. The lowest BCUT2D eigenvalue weighted by molar-refractivity contribution is 0.366. The SMILES string of the molecule is CC(C)(C)n1c(-c2cc(I)ccc2Br)nnc1S(N)(=O)=O. The molecule has 0 atom stereocenters. The molecule has 0 aliphatic carbocycles. The first-order chi connectivity index (χ1) is 9.51. The summed E-state index contributed by atoms with van der Waals surface area (Å²) in [7, 11) is -3.95. The molecular weight excluding hydrogens is 471 g/mol. The molecule has 0 spiro atoms. The van der Waals surface area contributed by atoms with Crippen molar-refractivity contribution in [3.8, 4) is 11.4 Å². The van der Waals surface area contributed by atoms with Crippen molar-refractivity contribution in [3.05, 3.63) is 26.2 Å². The number of hydrogen-bond donors (Lipinski definition) is 1. The van der Waals surface area contributed by atoms with Gasteiger partial charge in [-0.2, -0.15) is 0 Å². The molecule has 6 nitrogen and oxygen atoms in total. The van der Waals surface area contributed by atoms with Gasteiger partial charge in [-0.25, -0.2) is 13.6 Å². The Bertz CT molecular complexity index is 796. The molecule has 0 amide bonds. The smallest absolute Gasteiger partial charge is 0.273 e. The highest BCUT2D eigenvalue weighted by atomic mass is 127. The summed E-state index contributed by atoms with van der Waals surface area (Å²) in [5.74, 6) is 0.455. The minimum atomic E-state index is -3.95. The standard InChI is InChI=1S/C12H14BrIN4O2S/c1-12(2,3)18-10(16-17-11(18)21(15,19)20)8-6-7(14)4-5-9(8)13/h4-6H,1-3H3,(H2,15,19,20). The molecule has 1 aromatic carbocycles. The van der Waals surface area contributed by atoms with E-state index >= 15 is 0 Å². The van der Waals surface area contributed by atoms with Gasteiger partial charge in [0.05, 0.1) is 0 Å². The maximum atomic E-state index is 11.7. The average Bonchev–Trinajstić information content (AvgIpc) is 2.76. The van der Waals surface area contributed by atoms with Crippen LogP contribution in [0.2, 0.25) is 0 Å². The third kappa shape index (κ3) is 3.46. The summed E-state index contributed by atoms with van der Waals surface area (Å²) in [5.41, 5.74) is 0.223. The van der Waals surface area contributed by atoms with E-state index in [0.717, 1.165) is 13.6 Å². The van der Waals surface area contributed by atoms with Crippen LogP contribution in [0.15, 0.2) is 27.8 Å². The van der Waals surface area contributed by atoms with E-state index in [1.54, 1.807) is 4.57 Å². The fourth-order valence-corrected chi connectivity index (χ4v) is 3.59. The van der Waals surface area contributed by atoms with Gasteiger partial charge in [0.2, 0.25) is 0 Å². The number of benzene rings is 1. The van der Waals surface area contributed by atoms with E-state index in [1.807, 2.05) is 39.0 Å². The monoisotopic (exact) mass is 484 g/mol. The Morgan fingerprint density at radius 3 is 2.43 bits per heavy atom. The lowest BCUT2D eigenvalue weighted by Gasteiger charge is -2.24. The van der Waals surface area contributed by atoms with Gasteiger partial charge in [0.15, 0.2) is 5.82 Å². The van der Waals surface area contributed by atoms with Gasteiger partial charge in [0.25, 0.3) is 15.2 Å². The highest BCUT2D eigenvalue weighted by Gasteiger charge is 2.30. The lowest BCUT2D eigenvalue weighted by Crippen LogP contribution is -2.29. The van der Waals surface area contributed by atoms with E-state index in [1.165, 1.54) is 0 Å². The summed E-state index contributed by atoms with van der Waals surface area (Å²) in [4.78, 5) is 0. The van der Waals surface area contributed by atoms with Crippen LogP contribution in [0.3, 0.4) is 0 Å². The zero-order chi connectivity index (χ0) is 16.0. The Hall–Kier alpha value is -0.520. The van der Waals surface area contributed by atoms with Crippen molar-refractivity contribution in [1.29, 1.82) is 0 Å². The molecule has 0 unspecified atom stereocenters. The van der Waals surface area contributed by atoms with Gasteiger partial charge in [-0.05, 0) is 61.6 Å². The topological polar surface area (TPSA) is 90.9 Å². The number of nitrogens with two attached hydrogens (primary N) is 1. The molecule has 1 heterocycles. The minimum Gasteiger partial charge on any atom is -0.291 e. The Labute approximate surface area is 145 Å². The number of sulfonamides is 1. The van der Waals surface area contributed by atoms with Crippen LogP contribution in [-0.4, -0.2) is 23.2 Å². The summed E-state index contributed by atoms with van der Waals surface area (Å²) in [6.07, 6.45) is 0. The van der Waals surface area contributed by atoms with Crippen molar-refractivity contribution in [2.75, 3.05) is 0 Å². The molecule has 114 valence electrons. The number of rotatable bonds is 2. The van der Waals surface area contributed by atoms with Gasteiger partial charge < -0.3 is 0 Å². The molecule has 0 aliphatic rings. The van der Waals surface area contributed by atoms with Crippen LogP contribution in [0.25, 0.3) is 11.4 Å². The van der Waals surface area contributed by atoms with Crippen LogP contribution in [0.4, 0.5) is 0 Å². The first-order valence-corrected chi connectivity index (χ1v) is 9.38. The highest BCUT2D eigenvalue weighted by Crippen LogP contribution is 2.33. The molecule has 0 aliphatic heterocycles. The lowest BCUT2D eigenvalue weighted by atomic mass is 10.1. The van der Waals surface area contributed by atoms with E-state index in [-0.39, 0.29) is 5.16 Å². The molecule has 0 saturated carbocycles. The van der Waals surface area contributed by atoms with Crippen LogP contribution in [0, 0.1) is 3.57 Å². The molecule has 0 saturated heterocycles. The largest absolute Gasteiger partial charge is 0.291 e. The molecular formula is C12H14BrIN4O2S. The second kappa shape index (κ2) is 5.60. The molecule has 21 heavy (non-hydrogen) atoms. The van der Waals surface area contributed by atoms with Crippen LogP contribution < -0.4 is 5.14 Å². The second-order valence-corrected chi connectivity index (χ2v) is 9.04. The zero-order valence-electron chi connectivity index (χ0n) is 11.6. The van der Waals surface area contributed by atoms with Crippen molar-refractivity contribution in [3.63, 3.8) is 0 Å². The predicted octanol–water partition coefficient (Wildman–Crippen LogP) is 2.71. The van der Waals surface area contributed by atoms with Crippen molar-refractivity contribution in [1.82, 2.24) is 14.8 Å². The van der Waals surface area contributed by atoms with E-state index < -0.39 is 15.6 Å².